The van der Waals surface area contributed by atoms with E-state index in [9.17, 15) is 9.59 Å². The highest BCUT2D eigenvalue weighted by Crippen LogP contribution is 2.19. The van der Waals surface area contributed by atoms with Crippen molar-refractivity contribution in [3.63, 3.8) is 0 Å². The molecule has 0 aromatic rings. The van der Waals surface area contributed by atoms with Crippen molar-refractivity contribution < 1.29 is 14.7 Å². The molecule has 0 aliphatic carbocycles. The predicted octanol–water partition coefficient (Wildman–Crippen LogP) is 2.22. The van der Waals surface area contributed by atoms with Gasteiger partial charge in [0, 0.05) is 6.54 Å². The van der Waals surface area contributed by atoms with Crippen LogP contribution in [0.1, 0.15) is 47.5 Å². The normalized spacial score (nSPS) is 13.2. The number of rotatable bonds is 6. The van der Waals surface area contributed by atoms with Gasteiger partial charge in [-0.1, -0.05) is 34.6 Å². The van der Waals surface area contributed by atoms with E-state index in [0.717, 1.165) is 12.8 Å². The Labute approximate surface area is 109 Å². The number of carbonyl (C=O) groups is 2. The van der Waals surface area contributed by atoms with Crippen LogP contribution in [0.5, 0.6) is 0 Å². The second-order valence-electron chi connectivity index (χ2n) is 6.07. The first-order chi connectivity index (χ1) is 8.14. The van der Waals surface area contributed by atoms with Gasteiger partial charge in [0.05, 0.1) is 0 Å². The highest BCUT2D eigenvalue weighted by molar-refractivity contribution is 5.83. The van der Waals surface area contributed by atoms with Crippen LogP contribution in [0, 0.1) is 11.3 Å². The van der Waals surface area contributed by atoms with Gasteiger partial charge < -0.3 is 15.7 Å². The number of hydrogen-bond acceptors (Lipinski definition) is 2. The third-order valence-electron chi connectivity index (χ3n) is 2.63. The van der Waals surface area contributed by atoms with Gasteiger partial charge in [-0.3, -0.25) is 0 Å². The molecule has 3 N–H and O–H groups in total. The minimum Gasteiger partial charge on any atom is -0.480 e. The summed E-state index contributed by atoms with van der Waals surface area (Å²) in [4.78, 5) is 22.6. The number of carboxylic acids is 1. The fraction of sp³-hybridized carbons (Fsp3) is 0.846. The Morgan fingerprint density at radius 3 is 2.17 bits per heavy atom. The maximum atomic E-state index is 11.6. The van der Waals surface area contributed by atoms with E-state index < -0.39 is 23.5 Å². The fourth-order valence-corrected chi connectivity index (χ4v) is 1.54. The number of carboxylic acid groups (broad SMARTS) is 1. The molecule has 0 radical (unpaired) electrons. The number of urea groups is 1. The molecule has 0 aromatic carbocycles. The number of amides is 2. The van der Waals surface area contributed by atoms with Crippen LogP contribution in [-0.4, -0.2) is 29.7 Å². The highest BCUT2D eigenvalue weighted by atomic mass is 16.4. The first-order valence-electron chi connectivity index (χ1n) is 6.41. The predicted molar refractivity (Wildman–Crippen MR) is 71.5 cm³/mol. The molecule has 0 aromatic heterocycles. The molecule has 0 aliphatic heterocycles. The van der Waals surface area contributed by atoms with Gasteiger partial charge in [0.15, 0.2) is 0 Å². The summed E-state index contributed by atoms with van der Waals surface area (Å²) in [6, 6.07) is -1.30. The van der Waals surface area contributed by atoms with E-state index in [1.807, 2.05) is 0 Å². The summed E-state index contributed by atoms with van der Waals surface area (Å²) in [6.45, 7) is 10.2. The quantitative estimate of drug-likeness (QED) is 0.639. The number of nitrogens with one attached hydrogen (secondary N) is 2. The van der Waals surface area contributed by atoms with E-state index in [0.29, 0.717) is 12.5 Å². The third kappa shape index (κ3) is 7.14. The van der Waals surface area contributed by atoms with E-state index >= 15 is 0 Å². The molecular weight excluding hydrogens is 232 g/mol. The monoisotopic (exact) mass is 258 g/mol. The van der Waals surface area contributed by atoms with Crippen molar-refractivity contribution in [3.8, 4) is 0 Å². The average Bonchev–Trinajstić information content (AvgIpc) is 2.18. The van der Waals surface area contributed by atoms with E-state index in [1.165, 1.54) is 0 Å². The van der Waals surface area contributed by atoms with Gasteiger partial charge in [-0.2, -0.15) is 0 Å². The van der Waals surface area contributed by atoms with Gasteiger partial charge in [-0.05, 0) is 24.2 Å². The van der Waals surface area contributed by atoms with Crippen molar-refractivity contribution in [1.82, 2.24) is 10.6 Å². The Kier molecular flexibility index (Phi) is 6.73. The summed E-state index contributed by atoms with van der Waals surface area (Å²) in [5.74, 6) is -0.406. The Morgan fingerprint density at radius 1 is 1.22 bits per heavy atom. The Hall–Kier alpha value is -1.26. The molecule has 5 nitrogen and oxygen atoms in total. The van der Waals surface area contributed by atoms with Crippen LogP contribution in [0.4, 0.5) is 4.79 Å². The van der Waals surface area contributed by atoms with Crippen molar-refractivity contribution in [2.45, 2.75) is 53.5 Å². The summed E-state index contributed by atoms with van der Waals surface area (Å²) in [5.41, 5.74) is -0.513. The number of aliphatic carboxylic acids is 1. The smallest absolute Gasteiger partial charge is 0.326 e. The van der Waals surface area contributed by atoms with Crippen molar-refractivity contribution in [2.75, 3.05) is 6.54 Å². The minimum absolute atomic E-state index is 0.416. The second-order valence-corrected chi connectivity index (χ2v) is 6.07. The molecule has 0 spiro atoms. The molecule has 0 fully saturated rings. The van der Waals surface area contributed by atoms with Crippen LogP contribution >= 0.6 is 0 Å². The number of carbonyl (C=O) groups excluding carboxylic acids is 1. The largest absolute Gasteiger partial charge is 0.480 e. The van der Waals surface area contributed by atoms with Crippen molar-refractivity contribution in [1.29, 1.82) is 0 Å². The number of hydrogen-bond donors (Lipinski definition) is 3. The molecule has 0 rings (SSSR count). The Bertz CT molecular complexity index is 282. The second kappa shape index (κ2) is 7.24. The molecule has 2 amide bonds. The molecule has 106 valence electrons. The van der Waals surface area contributed by atoms with E-state index in [2.05, 4.69) is 24.5 Å². The van der Waals surface area contributed by atoms with Gasteiger partial charge in [-0.25, -0.2) is 9.59 Å². The molecule has 0 saturated heterocycles. The van der Waals surface area contributed by atoms with Gasteiger partial charge in [-0.15, -0.1) is 0 Å². The zero-order valence-corrected chi connectivity index (χ0v) is 12.0. The zero-order chi connectivity index (χ0) is 14.3. The topological polar surface area (TPSA) is 78.4 Å². The Morgan fingerprint density at radius 2 is 1.78 bits per heavy atom. The van der Waals surface area contributed by atoms with Gasteiger partial charge in [0.2, 0.25) is 0 Å². The molecule has 5 heteroatoms. The highest BCUT2D eigenvalue weighted by Gasteiger charge is 2.32. The first-order valence-corrected chi connectivity index (χ1v) is 6.41. The van der Waals surface area contributed by atoms with Crippen LogP contribution < -0.4 is 10.6 Å². The lowest BCUT2D eigenvalue weighted by atomic mass is 9.87. The minimum atomic E-state index is -1.01. The molecule has 0 heterocycles. The van der Waals surface area contributed by atoms with Gasteiger partial charge in [0.25, 0.3) is 0 Å². The summed E-state index contributed by atoms with van der Waals surface area (Å²) in [5, 5.41) is 14.2. The van der Waals surface area contributed by atoms with E-state index in [-0.39, 0.29) is 0 Å². The first kappa shape index (κ1) is 16.7. The summed E-state index contributed by atoms with van der Waals surface area (Å²) in [6.07, 6.45) is 1.94. The molecule has 0 bridgehead atoms. The van der Waals surface area contributed by atoms with Crippen molar-refractivity contribution in [3.05, 3.63) is 0 Å². The molecule has 0 saturated carbocycles. The van der Waals surface area contributed by atoms with Crippen molar-refractivity contribution >= 4 is 12.0 Å². The lowest BCUT2D eigenvalue weighted by Crippen LogP contribution is -2.52. The molecule has 1 atom stereocenters. The maximum Gasteiger partial charge on any atom is 0.326 e. The van der Waals surface area contributed by atoms with Gasteiger partial charge >= 0.3 is 12.0 Å². The molecule has 18 heavy (non-hydrogen) atoms. The SMILES string of the molecule is CC(C)CCCNC(=O)N[C@H](C(=O)O)C(C)(C)C. The van der Waals surface area contributed by atoms with Crippen LogP contribution in [0.15, 0.2) is 0 Å². The molecule has 0 aliphatic rings. The maximum absolute atomic E-state index is 11.6. The summed E-state index contributed by atoms with van der Waals surface area (Å²) in [7, 11) is 0. The third-order valence-corrected chi connectivity index (χ3v) is 2.63. The molecule has 0 unspecified atom stereocenters. The summed E-state index contributed by atoms with van der Waals surface area (Å²) < 4.78 is 0. The van der Waals surface area contributed by atoms with Gasteiger partial charge in [0.1, 0.15) is 6.04 Å². The van der Waals surface area contributed by atoms with Crippen molar-refractivity contribution in [2.24, 2.45) is 11.3 Å². The standard InChI is InChI=1S/C13H26N2O3/c1-9(2)7-6-8-14-12(18)15-10(11(16)17)13(3,4)5/h9-10H,6-8H2,1-5H3,(H,16,17)(H2,14,15,18)/t10-/m1/s1. The molecular formula is C13H26N2O3. The Balaban J connectivity index is 4.09. The average molecular weight is 258 g/mol. The fourth-order valence-electron chi connectivity index (χ4n) is 1.54. The van der Waals surface area contributed by atoms with Crippen LogP contribution in [0.2, 0.25) is 0 Å². The van der Waals surface area contributed by atoms with Crippen LogP contribution in [0.25, 0.3) is 0 Å². The lowest BCUT2D eigenvalue weighted by Gasteiger charge is -2.27. The van der Waals surface area contributed by atoms with Crippen LogP contribution in [0.3, 0.4) is 0 Å². The van der Waals surface area contributed by atoms with E-state index in [4.69, 9.17) is 5.11 Å². The van der Waals surface area contributed by atoms with Crippen LogP contribution in [-0.2, 0) is 4.79 Å². The summed E-state index contributed by atoms with van der Waals surface area (Å²) >= 11 is 0. The van der Waals surface area contributed by atoms with E-state index in [1.54, 1.807) is 20.8 Å². The zero-order valence-electron chi connectivity index (χ0n) is 12.0. The lowest BCUT2D eigenvalue weighted by molar-refractivity contribution is -0.141.